The van der Waals surface area contributed by atoms with Gasteiger partial charge in [-0.05, 0) is 75.1 Å². The van der Waals surface area contributed by atoms with Gasteiger partial charge in [-0.1, -0.05) is 121 Å². The highest BCUT2D eigenvalue weighted by molar-refractivity contribution is 6.22. The Balaban J connectivity index is 1.15. The molecule has 5 nitrogen and oxygen atoms in total. The highest BCUT2D eigenvalue weighted by Crippen LogP contribution is 2.41. The van der Waals surface area contributed by atoms with Crippen LogP contribution in [0.4, 0.5) is 0 Å². The van der Waals surface area contributed by atoms with Crippen LogP contribution in [0.3, 0.4) is 0 Å². The molecule has 0 aliphatic carbocycles. The minimum atomic E-state index is 0.566. The zero-order chi connectivity index (χ0) is 34.2. The van der Waals surface area contributed by atoms with Crippen molar-refractivity contribution in [1.29, 1.82) is 0 Å². The van der Waals surface area contributed by atoms with Crippen LogP contribution in [0.2, 0.25) is 0 Å². The standard InChI is InChI=1S/C47H27N3O2/c1-2-10-28(11-3-1)31-20-23-38-42(25-31)52-43-27-39(34-14-6-7-16-37(34)44(38)43)47-49-45(32-19-18-29-12-4-5-13-30(29)24-32)48-46(50-47)33-21-22-36-35-15-8-9-17-40(35)51-41(36)26-33/h1-27H. The average molecular weight is 666 g/mol. The first-order valence-corrected chi connectivity index (χ1v) is 17.3. The van der Waals surface area contributed by atoms with Gasteiger partial charge in [0.15, 0.2) is 17.5 Å². The normalized spacial score (nSPS) is 11.8. The lowest BCUT2D eigenvalue weighted by molar-refractivity contribution is 0.669. The number of para-hydroxylation sites is 1. The lowest BCUT2D eigenvalue weighted by Crippen LogP contribution is -2.00. The van der Waals surface area contributed by atoms with Crippen molar-refractivity contribution in [3.05, 3.63) is 164 Å². The smallest absolute Gasteiger partial charge is 0.164 e. The number of rotatable bonds is 4. The summed E-state index contributed by atoms with van der Waals surface area (Å²) >= 11 is 0. The summed E-state index contributed by atoms with van der Waals surface area (Å²) in [4.78, 5) is 15.5. The van der Waals surface area contributed by atoms with Crippen molar-refractivity contribution in [2.75, 3.05) is 0 Å². The summed E-state index contributed by atoms with van der Waals surface area (Å²) in [6.07, 6.45) is 0. The maximum atomic E-state index is 6.66. The summed E-state index contributed by atoms with van der Waals surface area (Å²) < 4.78 is 12.9. The van der Waals surface area contributed by atoms with E-state index in [1.807, 2.05) is 30.3 Å². The van der Waals surface area contributed by atoms with E-state index in [1.165, 1.54) is 0 Å². The van der Waals surface area contributed by atoms with Crippen LogP contribution in [-0.4, -0.2) is 15.0 Å². The molecule has 0 saturated carbocycles. The summed E-state index contributed by atoms with van der Waals surface area (Å²) in [5.41, 5.74) is 8.16. The third-order valence-corrected chi connectivity index (χ3v) is 10.1. The fourth-order valence-electron chi connectivity index (χ4n) is 7.58. The Morgan fingerprint density at radius 3 is 1.75 bits per heavy atom. The van der Waals surface area contributed by atoms with Crippen molar-refractivity contribution in [1.82, 2.24) is 15.0 Å². The van der Waals surface area contributed by atoms with Crippen molar-refractivity contribution in [2.24, 2.45) is 0 Å². The third kappa shape index (κ3) is 4.53. The lowest BCUT2D eigenvalue weighted by Gasteiger charge is -2.11. The van der Waals surface area contributed by atoms with E-state index in [9.17, 15) is 0 Å². The van der Waals surface area contributed by atoms with Crippen molar-refractivity contribution in [2.45, 2.75) is 0 Å². The minimum absolute atomic E-state index is 0.566. The van der Waals surface area contributed by atoms with Crippen molar-refractivity contribution in [3.8, 4) is 45.3 Å². The molecule has 0 spiro atoms. The van der Waals surface area contributed by atoms with Gasteiger partial charge < -0.3 is 8.83 Å². The molecule has 0 radical (unpaired) electrons. The molecule has 5 heteroatoms. The summed E-state index contributed by atoms with van der Waals surface area (Å²) in [5, 5.41) is 8.69. The maximum absolute atomic E-state index is 6.66. The predicted octanol–water partition coefficient (Wildman–Crippen LogP) is 12.6. The first kappa shape index (κ1) is 28.7. The molecule has 11 rings (SSSR count). The second kappa shape index (κ2) is 11.2. The number of hydrogen-bond acceptors (Lipinski definition) is 5. The molecule has 0 unspecified atom stereocenters. The van der Waals surface area contributed by atoms with Gasteiger partial charge in [0.2, 0.25) is 0 Å². The van der Waals surface area contributed by atoms with Crippen LogP contribution < -0.4 is 0 Å². The Bertz CT molecular complexity index is 3190. The van der Waals surface area contributed by atoms with Gasteiger partial charge in [0.05, 0.1) is 0 Å². The van der Waals surface area contributed by atoms with Gasteiger partial charge in [-0.2, -0.15) is 0 Å². The fraction of sp³-hybridized carbons (Fsp3) is 0. The van der Waals surface area contributed by atoms with E-state index in [-0.39, 0.29) is 0 Å². The molecule has 242 valence electrons. The molecular weight excluding hydrogens is 639 g/mol. The minimum Gasteiger partial charge on any atom is -0.456 e. The lowest BCUT2D eigenvalue weighted by atomic mass is 9.97. The van der Waals surface area contributed by atoms with Crippen LogP contribution in [-0.2, 0) is 0 Å². The van der Waals surface area contributed by atoms with Gasteiger partial charge >= 0.3 is 0 Å². The highest BCUT2D eigenvalue weighted by atomic mass is 16.3. The van der Waals surface area contributed by atoms with Gasteiger partial charge in [-0.3, -0.25) is 0 Å². The molecule has 8 aromatic carbocycles. The van der Waals surface area contributed by atoms with Crippen molar-refractivity contribution in [3.63, 3.8) is 0 Å². The quantitative estimate of drug-likeness (QED) is 0.187. The largest absolute Gasteiger partial charge is 0.456 e. The van der Waals surface area contributed by atoms with Crippen LogP contribution in [0.5, 0.6) is 0 Å². The predicted molar refractivity (Wildman–Crippen MR) is 211 cm³/mol. The van der Waals surface area contributed by atoms with Gasteiger partial charge in [0.1, 0.15) is 22.3 Å². The Hall–Kier alpha value is -7.11. The van der Waals surface area contributed by atoms with Crippen LogP contribution in [0, 0.1) is 0 Å². The number of nitrogens with zero attached hydrogens (tertiary/aromatic N) is 3. The summed E-state index contributed by atoms with van der Waals surface area (Å²) in [6, 6.07) is 56.4. The Kier molecular flexibility index (Phi) is 6.18. The Labute approximate surface area is 297 Å². The van der Waals surface area contributed by atoms with Crippen LogP contribution in [0.25, 0.3) is 111 Å². The molecule has 0 amide bonds. The molecule has 0 bridgehead atoms. The molecule has 0 aliphatic rings. The van der Waals surface area contributed by atoms with E-state index in [0.29, 0.717) is 17.5 Å². The van der Waals surface area contributed by atoms with E-state index in [4.69, 9.17) is 23.8 Å². The van der Waals surface area contributed by atoms with Crippen LogP contribution in [0.15, 0.2) is 173 Å². The van der Waals surface area contributed by atoms with Crippen LogP contribution >= 0.6 is 0 Å². The number of aromatic nitrogens is 3. The summed E-state index contributed by atoms with van der Waals surface area (Å²) in [7, 11) is 0. The second-order valence-corrected chi connectivity index (χ2v) is 13.2. The number of hydrogen-bond donors (Lipinski definition) is 0. The SMILES string of the molecule is c1ccc(-c2ccc3c(c2)oc2cc(-c4nc(-c5ccc6ccccc6c5)nc(-c5ccc6c(c5)oc5ccccc56)n4)c4ccccc4c23)cc1. The first-order chi connectivity index (χ1) is 25.7. The van der Waals surface area contributed by atoms with Crippen LogP contribution in [0.1, 0.15) is 0 Å². The van der Waals surface area contributed by atoms with E-state index in [1.54, 1.807) is 0 Å². The zero-order valence-corrected chi connectivity index (χ0v) is 27.7. The highest BCUT2D eigenvalue weighted by Gasteiger charge is 2.20. The van der Waals surface area contributed by atoms with E-state index < -0.39 is 0 Å². The molecule has 3 aromatic heterocycles. The fourth-order valence-corrected chi connectivity index (χ4v) is 7.58. The van der Waals surface area contributed by atoms with E-state index >= 15 is 0 Å². The van der Waals surface area contributed by atoms with Crippen molar-refractivity contribution < 1.29 is 8.83 Å². The maximum Gasteiger partial charge on any atom is 0.164 e. The molecule has 0 saturated heterocycles. The Morgan fingerprint density at radius 2 is 0.885 bits per heavy atom. The number of benzene rings is 8. The molecule has 3 heterocycles. The van der Waals surface area contributed by atoms with Gasteiger partial charge in [-0.15, -0.1) is 0 Å². The van der Waals surface area contributed by atoms with Gasteiger partial charge in [-0.25, -0.2) is 15.0 Å². The number of furan rings is 2. The van der Waals surface area contributed by atoms with Gasteiger partial charge in [0.25, 0.3) is 0 Å². The zero-order valence-electron chi connectivity index (χ0n) is 27.7. The molecule has 52 heavy (non-hydrogen) atoms. The topological polar surface area (TPSA) is 65.0 Å². The van der Waals surface area contributed by atoms with E-state index in [2.05, 4.69) is 133 Å². The molecule has 0 N–H and O–H groups in total. The summed E-state index contributed by atoms with van der Waals surface area (Å²) in [5.74, 6) is 1.73. The monoisotopic (exact) mass is 665 g/mol. The second-order valence-electron chi connectivity index (χ2n) is 13.2. The molecular formula is C47H27N3O2. The molecule has 0 aliphatic heterocycles. The van der Waals surface area contributed by atoms with Gasteiger partial charge in [0, 0.05) is 38.2 Å². The molecule has 11 aromatic rings. The van der Waals surface area contributed by atoms with E-state index in [0.717, 1.165) is 93.2 Å². The average Bonchev–Trinajstić information content (AvgIpc) is 3.78. The first-order valence-electron chi connectivity index (χ1n) is 17.3. The summed E-state index contributed by atoms with van der Waals surface area (Å²) in [6.45, 7) is 0. The third-order valence-electron chi connectivity index (χ3n) is 10.1. The molecule has 0 fully saturated rings. The van der Waals surface area contributed by atoms with Crippen molar-refractivity contribution >= 4 is 65.4 Å². The number of fused-ring (bicyclic) bond motifs is 9. The molecule has 0 atom stereocenters. The Morgan fingerprint density at radius 1 is 0.308 bits per heavy atom.